The van der Waals surface area contributed by atoms with Crippen LogP contribution >= 0.6 is 0 Å². The fourth-order valence-electron chi connectivity index (χ4n) is 2.03. The van der Waals surface area contributed by atoms with Gasteiger partial charge in [-0.15, -0.1) is 0 Å². The SMILES string of the molecule is Nc1cc2cc3c(cc2nc1C(=O)O)CCO3. The third-order valence-corrected chi connectivity index (χ3v) is 2.86. The van der Waals surface area contributed by atoms with Crippen LogP contribution in [0.2, 0.25) is 0 Å². The van der Waals surface area contributed by atoms with Gasteiger partial charge < -0.3 is 15.6 Å². The van der Waals surface area contributed by atoms with Crippen LogP contribution in [-0.4, -0.2) is 22.7 Å². The van der Waals surface area contributed by atoms with Gasteiger partial charge >= 0.3 is 5.97 Å². The molecule has 5 heteroatoms. The van der Waals surface area contributed by atoms with Crippen molar-refractivity contribution in [3.05, 3.63) is 29.5 Å². The lowest BCUT2D eigenvalue weighted by atomic mass is 10.1. The van der Waals surface area contributed by atoms with Crippen molar-refractivity contribution >= 4 is 22.6 Å². The Kier molecular flexibility index (Phi) is 1.95. The van der Waals surface area contributed by atoms with Gasteiger partial charge in [-0.2, -0.15) is 0 Å². The zero-order valence-corrected chi connectivity index (χ0v) is 8.93. The summed E-state index contributed by atoms with van der Waals surface area (Å²) >= 11 is 0. The predicted octanol–water partition coefficient (Wildman–Crippen LogP) is 1.45. The number of nitrogens with two attached hydrogens (primary N) is 1. The van der Waals surface area contributed by atoms with Crippen molar-refractivity contribution in [1.82, 2.24) is 4.98 Å². The van der Waals surface area contributed by atoms with E-state index in [0.717, 1.165) is 23.1 Å². The molecule has 0 saturated carbocycles. The molecule has 5 nitrogen and oxygen atoms in total. The predicted molar refractivity (Wildman–Crippen MR) is 62.3 cm³/mol. The third-order valence-electron chi connectivity index (χ3n) is 2.86. The highest BCUT2D eigenvalue weighted by Gasteiger charge is 2.16. The number of pyridine rings is 1. The number of hydrogen-bond acceptors (Lipinski definition) is 4. The lowest BCUT2D eigenvalue weighted by molar-refractivity contribution is 0.0692. The summed E-state index contributed by atoms with van der Waals surface area (Å²) < 4.78 is 5.44. The van der Waals surface area contributed by atoms with E-state index in [4.69, 9.17) is 15.6 Å². The molecule has 0 atom stereocenters. The van der Waals surface area contributed by atoms with Crippen molar-refractivity contribution in [3.63, 3.8) is 0 Å². The van der Waals surface area contributed by atoms with Crippen LogP contribution in [-0.2, 0) is 6.42 Å². The van der Waals surface area contributed by atoms with Crippen LogP contribution in [0.15, 0.2) is 18.2 Å². The van der Waals surface area contributed by atoms with Crippen LogP contribution in [0.3, 0.4) is 0 Å². The first-order chi connectivity index (χ1) is 8.15. The van der Waals surface area contributed by atoms with Crippen LogP contribution in [0.4, 0.5) is 5.69 Å². The molecule has 0 unspecified atom stereocenters. The molecule has 0 fully saturated rings. The summed E-state index contributed by atoms with van der Waals surface area (Å²) in [6.45, 7) is 0.660. The standard InChI is InChI=1S/C12H10N2O3/c13-8-3-7-5-10-6(1-2-17-10)4-9(7)14-11(8)12(15)16/h3-5H,1-2,13H2,(H,15,16). The Hall–Kier alpha value is -2.30. The molecule has 86 valence electrons. The van der Waals surface area contributed by atoms with E-state index in [2.05, 4.69) is 4.98 Å². The number of hydrogen-bond donors (Lipinski definition) is 2. The molecule has 1 aliphatic rings. The van der Waals surface area contributed by atoms with Gasteiger partial charge in [0.2, 0.25) is 0 Å². The van der Waals surface area contributed by atoms with Gasteiger partial charge in [0.15, 0.2) is 5.69 Å². The zero-order valence-electron chi connectivity index (χ0n) is 8.93. The minimum atomic E-state index is -1.11. The van der Waals surface area contributed by atoms with Crippen molar-refractivity contribution < 1.29 is 14.6 Å². The van der Waals surface area contributed by atoms with E-state index in [1.54, 1.807) is 6.07 Å². The van der Waals surface area contributed by atoms with Crippen LogP contribution < -0.4 is 10.5 Å². The molecule has 3 rings (SSSR count). The molecule has 0 aliphatic carbocycles. The summed E-state index contributed by atoms with van der Waals surface area (Å²) in [6, 6.07) is 5.34. The largest absolute Gasteiger partial charge is 0.493 e. The van der Waals surface area contributed by atoms with Crippen molar-refractivity contribution in [2.75, 3.05) is 12.3 Å². The summed E-state index contributed by atoms with van der Waals surface area (Å²) in [5.41, 5.74) is 7.42. The number of benzene rings is 1. The highest BCUT2D eigenvalue weighted by atomic mass is 16.5. The number of aromatic nitrogens is 1. The topological polar surface area (TPSA) is 85.4 Å². The summed E-state index contributed by atoms with van der Waals surface area (Å²) in [4.78, 5) is 15.0. The van der Waals surface area contributed by atoms with Gasteiger partial charge in [0.1, 0.15) is 5.75 Å². The average Bonchev–Trinajstić information content (AvgIpc) is 2.71. The van der Waals surface area contributed by atoms with Gasteiger partial charge in [-0.05, 0) is 23.8 Å². The first-order valence-electron chi connectivity index (χ1n) is 5.24. The highest BCUT2D eigenvalue weighted by Crippen LogP contribution is 2.31. The molecule has 1 aliphatic heterocycles. The van der Waals surface area contributed by atoms with Crippen LogP contribution in [0.1, 0.15) is 16.1 Å². The monoisotopic (exact) mass is 230 g/mol. The maximum Gasteiger partial charge on any atom is 0.356 e. The van der Waals surface area contributed by atoms with E-state index in [0.29, 0.717) is 12.1 Å². The molecule has 0 spiro atoms. The minimum absolute atomic E-state index is 0.101. The molecule has 2 aromatic rings. The molecule has 0 bridgehead atoms. The molecular formula is C12H10N2O3. The second kappa shape index (κ2) is 3.35. The van der Waals surface area contributed by atoms with Gasteiger partial charge in [0, 0.05) is 11.8 Å². The van der Waals surface area contributed by atoms with Crippen molar-refractivity contribution in [2.24, 2.45) is 0 Å². The van der Waals surface area contributed by atoms with Gasteiger partial charge in [0.05, 0.1) is 17.8 Å². The molecule has 3 N–H and O–H groups in total. The maximum atomic E-state index is 10.9. The van der Waals surface area contributed by atoms with Crippen molar-refractivity contribution in [2.45, 2.75) is 6.42 Å². The molecular weight excluding hydrogens is 220 g/mol. The Labute approximate surface area is 96.8 Å². The quantitative estimate of drug-likeness (QED) is 0.774. The van der Waals surface area contributed by atoms with Crippen LogP contribution in [0.5, 0.6) is 5.75 Å². The Morgan fingerprint density at radius 1 is 1.41 bits per heavy atom. The Morgan fingerprint density at radius 3 is 3.00 bits per heavy atom. The number of carboxylic acids is 1. The zero-order chi connectivity index (χ0) is 12.0. The lowest BCUT2D eigenvalue weighted by Crippen LogP contribution is -2.05. The summed E-state index contributed by atoms with van der Waals surface area (Å²) in [7, 11) is 0. The number of carbonyl (C=O) groups is 1. The minimum Gasteiger partial charge on any atom is -0.493 e. The van der Waals surface area contributed by atoms with Gasteiger partial charge in [-0.1, -0.05) is 0 Å². The Bertz CT molecular complexity index is 637. The fraction of sp³-hybridized carbons (Fsp3) is 0.167. The van der Waals surface area contributed by atoms with Gasteiger partial charge in [-0.25, -0.2) is 9.78 Å². The maximum absolute atomic E-state index is 10.9. The first kappa shape index (κ1) is 9.89. The number of aromatic carboxylic acids is 1. The number of fused-ring (bicyclic) bond motifs is 2. The van der Waals surface area contributed by atoms with Crippen molar-refractivity contribution in [3.8, 4) is 5.75 Å². The van der Waals surface area contributed by atoms with Crippen molar-refractivity contribution in [1.29, 1.82) is 0 Å². The van der Waals surface area contributed by atoms with Crippen LogP contribution in [0, 0.1) is 0 Å². The lowest BCUT2D eigenvalue weighted by Gasteiger charge is -2.05. The molecule has 0 amide bonds. The second-order valence-electron chi connectivity index (χ2n) is 3.98. The Morgan fingerprint density at radius 2 is 2.24 bits per heavy atom. The van der Waals surface area contributed by atoms with Gasteiger partial charge in [0.25, 0.3) is 0 Å². The number of ether oxygens (including phenoxy) is 1. The van der Waals surface area contributed by atoms with Crippen LogP contribution in [0.25, 0.3) is 10.9 Å². The van der Waals surface area contributed by atoms with E-state index in [1.165, 1.54) is 0 Å². The molecule has 1 aromatic carbocycles. The Balaban J connectivity index is 2.29. The number of carboxylic acid groups (broad SMARTS) is 1. The summed E-state index contributed by atoms with van der Waals surface area (Å²) in [5, 5.41) is 9.75. The smallest absolute Gasteiger partial charge is 0.356 e. The summed E-state index contributed by atoms with van der Waals surface area (Å²) in [6.07, 6.45) is 0.833. The van der Waals surface area contributed by atoms with E-state index in [1.807, 2.05) is 12.1 Å². The number of rotatable bonds is 1. The molecule has 2 heterocycles. The third kappa shape index (κ3) is 1.47. The summed E-state index contributed by atoms with van der Waals surface area (Å²) in [5.74, 6) is -0.275. The average molecular weight is 230 g/mol. The molecule has 0 saturated heterocycles. The number of nitrogen functional groups attached to an aromatic ring is 1. The molecule has 17 heavy (non-hydrogen) atoms. The second-order valence-corrected chi connectivity index (χ2v) is 3.98. The first-order valence-corrected chi connectivity index (χ1v) is 5.24. The highest BCUT2D eigenvalue weighted by molar-refractivity contribution is 5.96. The number of nitrogens with zero attached hydrogens (tertiary/aromatic N) is 1. The van der Waals surface area contributed by atoms with E-state index in [-0.39, 0.29) is 11.4 Å². The molecule has 0 radical (unpaired) electrons. The van der Waals surface area contributed by atoms with E-state index >= 15 is 0 Å². The van der Waals surface area contributed by atoms with Gasteiger partial charge in [-0.3, -0.25) is 0 Å². The fourth-order valence-corrected chi connectivity index (χ4v) is 2.03. The van der Waals surface area contributed by atoms with E-state index in [9.17, 15) is 4.79 Å². The normalized spacial score (nSPS) is 13.4. The number of anilines is 1. The van der Waals surface area contributed by atoms with E-state index < -0.39 is 5.97 Å². The molecule has 1 aromatic heterocycles.